The molecule has 0 N–H and O–H groups in total. The fourth-order valence-corrected chi connectivity index (χ4v) is 3.86. The van der Waals surface area contributed by atoms with Crippen LogP contribution in [0, 0.1) is 5.82 Å². The summed E-state index contributed by atoms with van der Waals surface area (Å²) >= 11 is 0. The maximum Gasteiger partial charge on any atom is 0.173 e. The van der Waals surface area contributed by atoms with Crippen LogP contribution in [-0.4, -0.2) is 50.9 Å². The van der Waals surface area contributed by atoms with E-state index in [1.165, 1.54) is 31.4 Å². The SMILES string of the molecule is Fc1ccc([C@H](c2nnnn2C[C@H]2CCCO2)N2CCCCC2)cc1. The van der Waals surface area contributed by atoms with Crippen molar-refractivity contribution in [3.8, 4) is 0 Å². The molecular formula is C18H24FN5O. The number of hydrogen-bond donors (Lipinski definition) is 0. The summed E-state index contributed by atoms with van der Waals surface area (Å²) in [5, 5.41) is 12.5. The summed E-state index contributed by atoms with van der Waals surface area (Å²) in [6, 6.07) is 6.68. The van der Waals surface area contributed by atoms with Gasteiger partial charge in [-0.15, -0.1) is 5.10 Å². The van der Waals surface area contributed by atoms with E-state index in [0.717, 1.165) is 43.9 Å². The molecule has 2 aliphatic rings. The Morgan fingerprint density at radius 1 is 1.12 bits per heavy atom. The van der Waals surface area contributed by atoms with E-state index in [-0.39, 0.29) is 18.0 Å². The predicted molar refractivity (Wildman–Crippen MR) is 90.5 cm³/mol. The van der Waals surface area contributed by atoms with Crippen LogP contribution in [0.5, 0.6) is 0 Å². The van der Waals surface area contributed by atoms with E-state index in [1.807, 2.05) is 16.8 Å². The predicted octanol–water partition coefficient (Wildman–Crippen LogP) is 2.57. The molecule has 0 unspecified atom stereocenters. The molecule has 7 heteroatoms. The van der Waals surface area contributed by atoms with Crippen LogP contribution in [0.25, 0.3) is 0 Å². The second-order valence-electron chi connectivity index (χ2n) is 6.90. The molecule has 2 saturated heterocycles. The van der Waals surface area contributed by atoms with Gasteiger partial charge in [-0.3, -0.25) is 4.90 Å². The smallest absolute Gasteiger partial charge is 0.173 e. The lowest BCUT2D eigenvalue weighted by Gasteiger charge is -2.34. The van der Waals surface area contributed by atoms with Gasteiger partial charge in [0.2, 0.25) is 0 Å². The van der Waals surface area contributed by atoms with Crippen molar-refractivity contribution < 1.29 is 9.13 Å². The van der Waals surface area contributed by atoms with E-state index in [4.69, 9.17) is 4.74 Å². The van der Waals surface area contributed by atoms with Gasteiger partial charge in [-0.05, 0) is 66.9 Å². The first-order chi connectivity index (χ1) is 12.3. The minimum absolute atomic E-state index is 0.0442. The molecule has 2 aromatic rings. The second-order valence-corrected chi connectivity index (χ2v) is 6.90. The van der Waals surface area contributed by atoms with Crippen LogP contribution in [0.4, 0.5) is 4.39 Å². The summed E-state index contributed by atoms with van der Waals surface area (Å²) in [6.45, 7) is 3.51. The van der Waals surface area contributed by atoms with Gasteiger partial charge < -0.3 is 4.74 Å². The molecular weight excluding hydrogens is 321 g/mol. The molecule has 3 heterocycles. The first kappa shape index (κ1) is 16.6. The van der Waals surface area contributed by atoms with Gasteiger partial charge in [0.15, 0.2) is 5.82 Å². The molecule has 0 saturated carbocycles. The van der Waals surface area contributed by atoms with Gasteiger partial charge in [-0.1, -0.05) is 18.6 Å². The molecule has 25 heavy (non-hydrogen) atoms. The first-order valence-electron chi connectivity index (χ1n) is 9.18. The largest absolute Gasteiger partial charge is 0.376 e. The summed E-state index contributed by atoms with van der Waals surface area (Å²) < 4.78 is 21.0. The zero-order valence-corrected chi connectivity index (χ0v) is 14.4. The van der Waals surface area contributed by atoms with Gasteiger partial charge in [0.1, 0.15) is 5.82 Å². The van der Waals surface area contributed by atoms with Crippen molar-refractivity contribution in [1.82, 2.24) is 25.1 Å². The summed E-state index contributed by atoms with van der Waals surface area (Å²) in [5.41, 5.74) is 1.03. The van der Waals surface area contributed by atoms with E-state index in [9.17, 15) is 4.39 Å². The fraction of sp³-hybridized carbons (Fsp3) is 0.611. The van der Waals surface area contributed by atoms with Crippen LogP contribution in [0.3, 0.4) is 0 Å². The number of halogens is 1. The van der Waals surface area contributed by atoms with Gasteiger partial charge in [-0.25, -0.2) is 9.07 Å². The van der Waals surface area contributed by atoms with Crippen LogP contribution in [-0.2, 0) is 11.3 Å². The highest BCUT2D eigenvalue weighted by molar-refractivity contribution is 5.25. The van der Waals surface area contributed by atoms with Gasteiger partial charge >= 0.3 is 0 Å². The molecule has 0 bridgehead atoms. The maximum absolute atomic E-state index is 13.4. The molecule has 0 spiro atoms. The lowest BCUT2D eigenvalue weighted by molar-refractivity contribution is 0.0902. The monoisotopic (exact) mass is 345 g/mol. The number of tetrazole rings is 1. The number of aromatic nitrogens is 4. The Labute approximate surface area is 147 Å². The Morgan fingerprint density at radius 3 is 2.64 bits per heavy atom. The summed E-state index contributed by atoms with van der Waals surface area (Å²) in [4.78, 5) is 2.41. The summed E-state index contributed by atoms with van der Waals surface area (Å²) in [7, 11) is 0. The number of rotatable bonds is 5. The van der Waals surface area contributed by atoms with Crippen molar-refractivity contribution in [2.24, 2.45) is 0 Å². The van der Waals surface area contributed by atoms with Crippen LogP contribution in [0.15, 0.2) is 24.3 Å². The van der Waals surface area contributed by atoms with E-state index >= 15 is 0 Å². The van der Waals surface area contributed by atoms with Crippen LogP contribution >= 0.6 is 0 Å². The van der Waals surface area contributed by atoms with Gasteiger partial charge in [0.25, 0.3) is 0 Å². The van der Waals surface area contributed by atoms with E-state index < -0.39 is 0 Å². The minimum atomic E-state index is -0.222. The van der Waals surface area contributed by atoms with Gasteiger partial charge in [0, 0.05) is 6.61 Å². The molecule has 1 aromatic heterocycles. The lowest BCUT2D eigenvalue weighted by Crippen LogP contribution is -2.36. The van der Waals surface area contributed by atoms with Crippen LogP contribution in [0.1, 0.15) is 49.5 Å². The second kappa shape index (κ2) is 7.58. The van der Waals surface area contributed by atoms with Crippen LogP contribution in [0.2, 0.25) is 0 Å². The van der Waals surface area contributed by atoms with Gasteiger partial charge in [-0.2, -0.15) is 0 Å². The molecule has 2 atom stereocenters. The highest BCUT2D eigenvalue weighted by Gasteiger charge is 2.30. The van der Waals surface area contributed by atoms with Crippen molar-refractivity contribution in [2.75, 3.05) is 19.7 Å². The molecule has 0 radical (unpaired) electrons. The number of likely N-dealkylation sites (tertiary alicyclic amines) is 1. The van der Waals surface area contributed by atoms with E-state index in [2.05, 4.69) is 20.4 Å². The quantitative estimate of drug-likeness (QED) is 0.834. The highest BCUT2D eigenvalue weighted by Crippen LogP contribution is 2.30. The number of benzene rings is 1. The number of hydrogen-bond acceptors (Lipinski definition) is 5. The molecule has 6 nitrogen and oxygen atoms in total. The highest BCUT2D eigenvalue weighted by atomic mass is 19.1. The standard InChI is InChI=1S/C18H24FN5O/c19-15-8-6-14(7-9-15)17(23-10-2-1-3-11-23)18-20-21-22-24(18)13-16-5-4-12-25-16/h6-9,16-17H,1-5,10-13H2/t16-,17-/m1/s1. The average Bonchev–Trinajstić information content (AvgIpc) is 3.31. The maximum atomic E-state index is 13.4. The molecule has 1 aromatic carbocycles. The van der Waals surface area contributed by atoms with Crippen molar-refractivity contribution in [2.45, 2.75) is 50.8 Å². The molecule has 0 amide bonds. The fourth-order valence-electron chi connectivity index (χ4n) is 3.86. The Balaban J connectivity index is 1.65. The Morgan fingerprint density at radius 2 is 1.92 bits per heavy atom. The summed E-state index contributed by atoms with van der Waals surface area (Å²) in [6.07, 6.45) is 5.92. The van der Waals surface area contributed by atoms with Crippen LogP contribution < -0.4 is 0 Å². The number of piperidine rings is 1. The average molecular weight is 345 g/mol. The topological polar surface area (TPSA) is 56.1 Å². The third-order valence-corrected chi connectivity index (χ3v) is 5.15. The van der Waals surface area contributed by atoms with Gasteiger partial charge in [0.05, 0.1) is 18.7 Å². The molecule has 134 valence electrons. The van der Waals surface area contributed by atoms with Crippen molar-refractivity contribution in [3.05, 3.63) is 41.5 Å². The van der Waals surface area contributed by atoms with E-state index in [1.54, 1.807) is 0 Å². The summed E-state index contributed by atoms with van der Waals surface area (Å²) in [5.74, 6) is 0.601. The van der Waals surface area contributed by atoms with Crippen molar-refractivity contribution >= 4 is 0 Å². The zero-order valence-electron chi connectivity index (χ0n) is 14.4. The molecule has 4 rings (SSSR count). The van der Waals surface area contributed by atoms with Crippen molar-refractivity contribution in [1.29, 1.82) is 0 Å². The minimum Gasteiger partial charge on any atom is -0.376 e. The zero-order chi connectivity index (χ0) is 17.1. The normalized spacial score (nSPS) is 23.0. The number of nitrogens with zero attached hydrogens (tertiary/aromatic N) is 5. The third-order valence-electron chi connectivity index (χ3n) is 5.15. The number of ether oxygens (including phenoxy) is 1. The van der Waals surface area contributed by atoms with E-state index in [0.29, 0.717) is 6.54 Å². The molecule has 0 aliphatic carbocycles. The Bertz CT molecular complexity index is 677. The lowest BCUT2D eigenvalue weighted by atomic mass is 10.0. The molecule has 2 aliphatic heterocycles. The third kappa shape index (κ3) is 3.72. The first-order valence-corrected chi connectivity index (χ1v) is 9.18. The Hall–Kier alpha value is -1.86. The molecule has 2 fully saturated rings. The van der Waals surface area contributed by atoms with Crippen molar-refractivity contribution in [3.63, 3.8) is 0 Å². The Kier molecular flexibility index (Phi) is 5.03.